The topological polar surface area (TPSA) is 46.3 Å². The van der Waals surface area contributed by atoms with Crippen LogP contribution >= 0.6 is 11.3 Å². The fourth-order valence-corrected chi connectivity index (χ4v) is 3.31. The van der Waals surface area contributed by atoms with E-state index >= 15 is 0 Å². The summed E-state index contributed by atoms with van der Waals surface area (Å²) in [5, 5.41) is 2.03. The Morgan fingerprint density at radius 1 is 1.58 bits per heavy atom. The summed E-state index contributed by atoms with van der Waals surface area (Å²) in [5.74, 6) is 6.71. The zero-order chi connectivity index (χ0) is 13.7. The molecular weight excluding hydrogens is 256 g/mol. The Bertz CT molecular complexity index is 498. The first-order valence-corrected chi connectivity index (χ1v) is 7.65. The van der Waals surface area contributed by atoms with Gasteiger partial charge in [-0.05, 0) is 18.4 Å². The highest BCUT2D eigenvalue weighted by atomic mass is 32.1. The van der Waals surface area contributed by atoms with E-state index in [9.17, 15) is 4.79 Å². The summed E-state index contributed by atoms with van der Waals surface area (Å²) < 4.78 is 0. The van der Waals surface area contributed by atoms with Crippen molar-refractivity contribution in [3.05, 3.63) is 21.9 Å². The third-order valence-corrected chi connectivity index (χ3v) is 4.25. The summed E-state index contributed by atoms with van der Waals surface area (Å²) in [7, 11) is 0. The largest absolute Gasteiger partial charge is 0.337 e. The summed E-state index contributed by atoms with van der Waals surface area (Å²) in [6, 6.07) is 2.06. The van der Waals surface area contributed by atoms with Crippen LogP contribution in [0.4, 0.5) is 0 Å². The van der Waals surface area contributed by atoms with Crippen LogP contribution in [0.2, 0.25) is 0 Å². The number of likely N-dealkylation sites (tertiary alicyclic amines) is 1. The van der Waals surface area contributed by atoms with E-state index in [2.05, 4.69) is 24.8 Å². The summed E-state index contributed by atoms with van der Waals surface area (Å²) in [6.07, 6.45) is 3.03. The Balaban J connectivity index is 1.94. The Morgan fingerprint density at radius 2 is 2.42 bits per heavy atom. The Labute approximate surface area is 118 Å². The Kier molecular flexibility index (Phi) is 5.00. The minimum atomic E-state index is 0.293. The molecule has 0 aromatic carbocycles. The van der Waals surface area contributed by atoms with Gasteiger partial charge in [-0.3, -0.25) is 4.79 Å². The quantitative estimate of drug-likeness (QED) is 0.857. The molecule has 1 aliphatic rings. The number of hydrogen-bond acceptors (Lipinski definition) is 3. The monoisotopic (exact) mass is 276 g/mol. The molecule has 1 unspecified atom stereocenters. The zero-order valence-corrected chi connectivity index (χ0v) is 12.1. The molecule has 1 aliphatic heterocycles. The number of thiophene rings is 1. The van der Waals surface area contributed by atoms with Crippen molar-refractivity contribution >= 4 is 17.2 Å². The first kappa shape index (κ1) is 14.1. The maximum atomic E-state index is 11.9. The van der Waals surface area contributed by atoms with Crippen LogP contribution in [0.15, 0.2) is 11.4 Å². The molecule has 0 bridgehead atoms. The van der Waals surface area contributed by atoms with Gasteiger partial charge in [0.2, 0.25) is 5.91 Å². The molecule has 0 spiro atoms. The molecule has 19 heavy (non-hydrogen) atoms. The highest BCUT2D eigenvalue weighted by molar-refractivity contribution is 7.10. The second-order valence-electron chi connectivity index (χ2n) is 4.94. The average Bonchev–Trinajstić information content (AvgIpc) is 2.96. The molecule has 3 nitrogen and oxygen atoms in total. The summed E-state index contributed by atoms with van der Waals surface area (Å²) in [5.41, 5.74) is 6.36. The van der Waals surface area contributed by atoms with Crippen molar-refractivity contribution in [1.82, 2.24) is 4.90 Å². The molecule has 4 heteroatoms. The van der Waals surface area contributed by atoms with Gasteiger partial charge in [0.25, 0.3) is 0 Å². The first-order valence-electron chi connectivity index (χ1n) is 6.77. The number of hydrogen-bond donors (Lipinski definition) is 1. The van der Waals surface area contributed by atoms with Gasteiger partial charge in [-0.2, -0.15) is 0 Å². The van der Waals surface area contributed by atoms with Crippen molar-refractivity contribution in [2.24, 2.45) is 11.7 Å². The molecule has 1 aromatic heterocycles. The highest BCUT2D eigenvalue weighted by Crippen LogP contribution is 2.25. The molecule has 1 fully saturated rings. The number of nitrogens with two attached hydrogens (primary N) is 1. The smallest absolute Gasteiger partial charge is 0.223 e. The number of rotatable bonds is 4. The van der Waals surface area contributed by atoms with Gasteiger partial charge < -0.3 is 10.6 Å². The molecule has 0 saturated carbocycles. The van der Waals surface area contributed by atoms with Crippen LogP contribution in [-0.2, 0) is 11.3 Å². The minimum absolute atomic E-state index is 0.293. The van der Waals surface area contributed by atoms with Crippen molar-refractivity contribution in [1.29, 1.82) is 0 Å². The van der Waals surface area contributed by atoms with Crippen molar-refractivity contribution in [3.63, 3.8) is 0 Å². The van der Waals surface area contributed by atoms with Crippen molar-refractivity contribution in [2.45, 2.75) is 32.7 Å². The van der Waals surface area contributed by atoms with E-state index in [0.29, 0.717) is 18.4 Å². The lowest BCUT2D eigenvalue weighted by molar-refractivity contribution is -0.128. The van der Waals surface area contributed by atoms with E-state index in [1.807, 2.05) is 10.3 Å². The summed E-state index contributed by atoms with van der Waals surface area (Å²) >= 11 is 1.67. The highest BCUT2D eigenvalue weighted by Gasteiger charge is 2.28. The minimum Gasteiger partial charge on any atom is -0.337 e. The van der Waals surface area contributed by atoms with Crippen LogP contribution in [0.1, 0.15) is 36.6 Å². The lowest BCUT2D eigenvalue weighted by Crippen LogP contribution is -2.24. The van der Waals surface area contributed by atoms with Crippen molar-refractivity contribution in [2.75, 3.05) is 13.1 Å². The van der Waals surface area contributed by atoms with Crippen LogP contribution in [-0.4, -0.2) is 23.9 Å². The SMILES string of the molecule is CCCC1CC(=O)N(Cc2cc(C#CCN)cs2)C1. The lowest BCUT2D eigenvalue weighted by atomic mass is 10.0. The number of nitrogens with zero attached hydrogens (tertiary/aromatic N) is 1. The lowest BCUT2D eigenvalue weighted by Gasteiger charge is -2.15. The second-order valence-corrected chi connectivity index (χ2v) is 5.94. The van der Waals surface area contributed by atoms with Crippen LogP contribution in [0, 0.1) is 17.8 Å². The summed E-state index contributed by atoms with van der Waals surface area (Å²) in [4.78, 5) is 15.1. The fraction of sp³-hybridized carbons (Fsp3) is 0.533. The van der Waals surface area contributed by atoms with Crippen LogP contribution in [0.3, 0.4) is 0 Å². The van der Waals surface area contributed by atoms with E-state index in [1.54, 1.807) is 11.3 Å². The number of carbonyl (C=O) groups excluding carboxylic acids is 1. The van der Waals surface area contributed by atoms with E-state index in [-0.39, 0.29) is 0 Å². The maximum Gasteiger partial charge on any atom is 0.223 e. The molecule has 1 aromatic rings. The molecular formula is C15H20N2OS. The number of carbonyl (C=O) groups is 1. The van der Waals surface area contributed by atoms with Gasteiger partial charge in [0.05, 0.1) is 13.1 Å². The van der Waals surface area contributed by atoms with E-state index in [4.69, 9.17) is 5.73 Å². The molecule has 102 valence electrons. The van der Waals surface area contributed by atoms with Crippen LogP contribution in [0.25, 0.3) is 0 Å². The van der Waals surface area contributed by atoms with Gasteiger partial charge in [0.15, 0.2) is 0 Å². The van der Waals surface area contributed by atoms with Gasteiger partial charge in [-0.15, -0.1) is 11.3 Å². The van der Waals surface area contributed by atoms with Crippen LogP contribution < -0.4 is 5.73 Å². The van der Waals surface area contributed by atoms with E-state index in [1.165, 1.54) is 4.88 Å². The van der Waals surface area contributed by atoms with Gasteiger partial charge in [0, 0.05) is 28.8 Å². The Morgan fingerprint density at radius 3 is 3.16 bits per heavy atom. The first-order chi connectivity index (χ1) is 9.22. The molecule has 2 rings (SSSR count). The van der Waals surface area contributed by atoms with E-state index in [0.717, 1.165) is 37.9 Å². The Hall–Kier alpha value is -1.31. The van der Waals surface area contributed by atoms with E-state index < -0.39 is 0 Å². The number of amides is 1. The normalized spacial score (nSPS) is 18.5. The van der Waals surface area contributed by atoms with Crippen molar-refractivity contribution < 1.29 is 4.79 Å². The fourth-order valence-electron chi connectivity index (χ4n) is 2.48. The van der Waals surface area contributed by atoms with Gasteiger partial charge in [-0.1, -0.05) is 25.2 Å². The van der Waals surface area contributed by atoms with Crippen molar-refractivity contribution in [3.8, 4) is 11.8 Å². The molecule has 2 N–H and O–H groups in total. The molecule has 1 amide bonds. The van der Waals surface area contributed by atoms with Gasteiger partial charge in [-0.25, -0.2) is 0 Å². The van der Waals surface area contributed by atoms with Gasteiger partial charge >= 0.3 is 0 Å². The summed E-state index contributed by atoms with van der Waals surface area (Å²) in [6.45, 7) is 4.20. The average molecular weight is 276 g/mol. The predicted octanol–water partition coefficient (Wildman–Crippen LogP) is 2.21. The van der Waals surface area contributed by atoms with Gasteiger partial charge in [0.1, 0.15) is 0 Å². The second kappa shape index (κ2) is 6.74. The zero-order valence-electron chi connectivity index (χ0n) is 11.3. The predicted molar refractivity (Wildman–Crippen MR) is 78.7 cm³/mol. The molecule has 1 saturated heterocycles. The molecule has 0 aliphatic carbocycles. The molecule has 2 heterocycles. The molecule has 0 radical (unpaired) electrons. The maximum absolute atomic E-state index is 11.9. The standard InChI is InChI=1S/C15H20N2OS/c1-2-4-12-8-15(18)17(9-12)10-14-7-13(11-19-14)5-3-6-16/h7,11-12H,2,4,6,8-10,16H2,1H3. The molecule has 1 atom stereocenters. The van der Waals surface area contributed by atoms with Crippen LogP contribution in [0.5, 0.6) is 0 Å². The third-order valence-electron chi connectivity index (χ3n) is 3.33. The third kappa shape index (κ3) is 3.82.